The highest BCUT2D eigenvalue weighted by atomic mass is 19.4. The summed E-state index contributed by atoms with van der Waals surface area (Å²) in [5.74, 6) is -0.532. The highest BCUT2D eigenvalue weighted by Crippen LogP contribution is 2.43. The Hall–Kier alpha value is -4.74. The molecule has 0 spiro atoms. The molecule has 4 aromatic rings. The third kappa shape index (κ3) is 4.70. The lowest BCUT2D eigenvalue weighted by molar-refractivity contribution is -0.137. The number of urea groups is 1. The lowest BCUT2D eigenvalue weighted by atomic mass is 9.94. The predicted octanol–water partition coefficient (Wildman–Crippen LogP) is 4.30. The van der Waals surface area contributed by atoms with Gasteiger partial charge in [0.05, 0.1) is 16.8 Å². The summed E-state index contributed by atoms with van der Waals surface area (Å²) >= 11 is 0. The molecule has 0 bridgehead atoms. The molecule has 1 heterocycles. The molecule has 34 heavy (non-hydrogen) atoms. The van der Waals surface area contributed by atoms with E-state index in [-0.39, 0.29) is 33.9 Å². The molecule has 172 valence electrons. The number of anilines is 2. The summed E-state index contributed by atoms with van der Waals surface area (Å²) in [5, 5.41) is 18.7. The Morgan fingerprint density at radius 2 is 1.59 bits per heavy atom. The Balaban J connectivity index is 1.96. The van der Waals surface area contributed by atoms with Crippen molar-refractivity contribution in [3.63, 3.8) is 0 Å². The molecule has 9 nitrogen and oxygen atoms in total. The van der Waals surface area contributed by atoms with E-state index < -0.39 is 23.7 Å². The number of benzene rings is 3. The normalized spacial score (nSPS) is 11.1. The van der Waals surface area contributed by atoms with Crippen molar-refractivity contribution in [1.29, 1.82) is 0 Å². The fraction of sp³-hybridized carbons (Fsp3) is 0.0455. The van der Waals surface area contributed by atoms with E-state index in [1.165, 1.54) is 24.3 Å². The van der Waals surface area contributed by atoms with Crippen LogP contribution in [0.4, 0.5) is 29.3 Å². The zero-order chi connectivity index (χ0) is 24.3. The average Bonchev–Trinajstić information content (AvgIpc) is 3.34. The molecule has 0 saturated carbocycles. The molecule has 0 unspecified atom stereocenters. The zero-order valence-electron chi connectivity index (χ0n) is 17.2. The molecule has 0 atom stereocenters. The number of carbonyl (C=O) groups is 2. The van der Waals surface area contributed by atoms with E-state index in [0.717, 1.165) is 12.1 Å². The average molecular weight is 467 g/mol. The number of nitrogens with two attached hydrogens (primary N) is 1. The lowest BCUT2D eigenvalue weighted by Gasteiger charge is -2.19. The Morgan fingerprint density at radius 3 is 2.21 bits per heavy atom. The van der Waals surface area contributed by atoms with Crippen LogP contribution in [0.25, 0.3) is 22.5 Å². The van der Waals surface area contributed by atoms with Crippen molar-refractivity contribution in [1.82, 2.24) is 20.6 Å². The van der Waals surface area contributed by atoms with Gasteiger partial charge in [-0.15, -0.1) is 10.2 Å². The van der Waals surface area contributed by atoms with Crippen LogP contribution in [-0.4, -0.2) is 32.6 Å². The van der Waals surface area contributed by atoms with Gasteiger partial charge in [-0.05, 0) is 47.2 Å². The summed E-state index contributed by atoms with van der Waals surface area (Å²) in [6.07, 6.45) is -4.61. The largest absolute Gasteiger partial charge is 0.416 e. The number of alkyl halides is 3. The van der Waals surface area contributed by atoms with Crippen LogP contribution in [0.2, 0.25) is 0 Å². The summed E-state index contributed by atoms with van der Waals surface area (Å²) in [4.78, 5) is 24.5. The summed E-state index contributed by atoms with van der Waals surface area (Å²) in [7, 11) is 0. The van der Waals surface area contributed by atoms with Gasteiger partial charge in [0, 0.05) is 16.8 Å². The summed E-state index contributed by atoms with van der Waals surface area (Å²) in [6.45, 7) is 0. The summed E-state index contributed by atoms with van der Waals surface area (Å²) < 4.78 is 40.4. The molecule has 0 radical (unpaired) electrons. The molecule has 3 aromatic carbocycles. The molecule has 5 N–H and O–H groups in total. The zero-order valence-corrected chi connectivity index (χ0v) is 17.2. The van der Waals surface area contributed by atoms with Crippen molar-refractivity contribution >= 4 is 23.3 Å². The van der Waals surface area contributed by atoms with E-state index in [1.807, 2.05) is 0 Å². The van der Waals surface area contributed by atoms with Crippen LogP contribution in [0.1, 0.15) is 15.9 Å². The Labute approximate surface area is 190 Å². The topological polar surface area (TPSA) is 139 Å². The minimum atomic E-state index is -4.61. The van der Waals surface area contributed by atoms with Crippen molar-refractivity contribution in [3.05, 3.63) is 77.9 Å². The van der Waals surface area contributed by atoms with Crippen LogP contribution >= 0.6 is 0 Å². The monoisotopic (exact) mass is 467 g/mol. The fourth-order valence-electron chi connectivity index (χ4n) is 3.38. The van der Waals surface area contributed by atoms with Gasteiger partial charge in [0.15, 0.2) is 0 Å². The molecule has 1 aromatic heterocycles. The summed E-state index contributed by atoms with van der Waals surface area (Å²) in [5.41, 5.74) is 5.30. The van der Waals surface area contributed by atoms with Crippen LogP contribution in [0.15, 0.2) is 66.7 Å². The standard InChI is InChI=1S/C22H16F3N7O2/c23-22(24,25)14-8-4-7-13(11-14)17-15(27-20(33)12-5-2-1-3-6-12)9-10-16(28-21(26)34)18(17)19-29-31-32-30-19/h1-11H,(H,27,33)(H3,26,28,34)(H,29,30,31,32). The number of primary amides is 1. The number of hydrogen-bond donors (Lipinski definition) is 4. The van der Waals surface area contributed by atoms with Crippen LogP contribution in [-0.2, 0) is 6.18 Å². The number of aromatic nitrogens is 4. The molecule has 0 fully saturated rings. The minimum Gasteiger partial charge on any atom is -0.351 e. The highest BCUT2D eigenvalue weighted by Gasteiger charge is 2.31. The summed E-state index contributed by atoms with van der Waals surface area (Å²) in [6, 6.07) is 14.7. The Bertz CT molecular complexity index is 1340. The van der Waals surface area contributed by atoms with Crippen molar-refractivity contribution in [2.24, 2.45) is 5.73 Å². The predicted molar refractivity (Wildman–Crippen MR) is 118 cm³/mol. The van der Waals surface area contributed by atoms with E-state index in [4.69, 9.17) is 5.73 Å². The van der Waals surface area contributed by atoms with Gasteiger partial charge in [-0.2, -0.15) is 18.4 Å². The van der Waals surface area contributed by atoms with Crippen LogP contribution in [0, 0.1) is 0 Å². The lowest BCUT2D eigenvalue weighted by Crippen LogP contribution is -2.20. The molecule has 0 saturated heterocycles. The molecular formula is C22H16F3N7O2. The number of nitrogens with one attached hydrogen (secondary N) is 3. The Kier molecular flexibility index (Phi) is 5.95. The number of halogens is 3. The molecule has 0 aliphatic rings. The molecule has 0 aliphatic heterocycles. The molecule has 3 amide bonds. The van der Waals surface area contributed by atoms with E-state index in [0.29, 0.717) is 5.56 Å². The van der Waals surface area contributed by atoms with Crippen LogP contribution in [0.3, 0.4) is 0 Å². The maximum atomic E-state index is 13.5. The van der Waals surface area contributed by atoms with Gasteiger partial charge in [-0.25, -0.2) is 4.79 Å². The number of nitrogens with zero attached hydrogens (tertiary/aromatic N) is 3. The van der Waals surface area contributed by atoms with Crippen molar-refractivity contribution in [2.45, 2.75) is 6.18 Å². The number of H-pyrrole nitrogens is 1. The van der Waals surface area contributed by atoms with Crippen molar-refractivity contribution in [2.75, 3.05) is 10.6 Å². The SMILES string of the molecule is NC(=O)Nc1ccc(NC(=O)c2ccccc2)c(-c2cccc(C(F)(F)F)c2)c1-c1nn[nH]n1. The van der Waals surface area contributed by atoms with E-state index >= 15 is 0 Å². The second-order valence-corrected chi connectivity index (χ2v) is 7.03. The first-order valence-corrected chi connectivity index (χ1v) is 9.75. The maximum Gasteiger partial charge on any atom is 0.416 e. The number of aromatic amines is 1. The first kappa shape index (κ1) is 22.5. The van der Waals surface area contributed by atoms with Gasteiger partial charge in [0.2, 0.25) is 5.82 Å². The third-order valence-electron chi connectivity index (χ3n) is 4.79. The number of amides is 3. The quantitative estimate of drug-likeness (QED) is 0.347. The van der Waals surface area contributed by atoms with Gasteiger partial charge in [-0.1, -0.05) is 30.3 Å². The fourth-order valence-corrected chi connectivity index (χ4v) is 3.38. The first-order chi connectivity index (χ1) is 16.2. The third-order valence-corrected chi connectivity index (χ3v) is 4.79. The van der Waals surface area contributed by atoms with E-state index in [1.54, 1.807) is 30.3 Å². The van der Waals surface area contributed by atoms with Gasteiger partial charge in [-0.3, -0.25) is 4.79 Å². The Morgan fingerprint density at radius 1 is 0.882 bits per heavy atom. The van der Waals surface area contributed by atoms with E-state index in [9.17, 15) is 22.8 Å². The highest BCUT2D eigenvalue weighted by molar-refractivity contribution is 6.09. The van der Waals surface area contributed by atoms with Gasteiger partial charge < -0.3 is 16.4 Å². The van der Waals surface area contributed by atoms with Gasteiger partial charge in [0.1, 0.15) is 0 Å². The first-order valence-electron chi connectivity index (χ1n) is 9.75. The van der Waals surface area contributed by atoms with Crippen LogP contribution < -0.4 is 16.4 Å². The number of hydrogen-bond acceptors (Lipinski definition) is 5. The van der Waals surface area contributed by atoms with Gasteiger partial charge >= 0.3 is 12.2 Å². The number of rotatable bonds is 5. The molecule has 0 aliphatic carbocycles. The molecule has 12 heteroatoms. The smallest absolute Gasteiger partial charge is 0.351 e. The second-order valence-electron chi connectivity index (χ2n) is 7.03. The molecule has 4 rings (SSSR count). The maximum absolute atomic E-state index is 13.5. The van der Waals surface area contributed by atoms with Gasteiger partial charge in [0.25, 0.3) is 5.91 Å². The van der Waals surface area contributed by atoms with Crippen molar-refractivity contribution < 1.29 is 22.8 Å². The molecular weight excluding hydrogens is 451 g/mol. The van der Waals surface area contributed by atoms with E-state index in [2.05, 4.69) is 31.3 Å². The minimum absolute atomic E-state index is 0.0352. The number of tetrazole rings is 1. The second kappa shape index (κ2) is 9.02. The van der Waals surface area contributed by atoms with Crippen LogP contribution in [0.5, 0.6) is 0 Å². The number of carbonyl (C=O) groups excluding carboxylic acids is 2. The van der Waals surface area contributed by atoms with Crippen molar-refractivity contribution in [3.8, 4) is 22.5 Å².